The summed E-state index contributed by atoms with van der Waals surface area (Å²) >= 11 is 5.82. The summed E-state index contributed by atoms with van der Waals surface area (Å²) in [6.45, 7) is 0.0922. The fraction of sp³-hybridized carbons (Fsp3) is 0.0667. The Balaban J connectivity index is 1.65. The number of non-ortho nitro benzene ring substituents is 1. The molecule has 3 rings (SSSR count). The smallest absolute Gasteiger partial charge is 0.269 e. The molecule has 0 saturated heterocycles. The minimum absolute atomic E-state index is 0.00179. The third-order valence-corrected chi connectivity index (χ3v) is 3.23. The molecular formula is C15H10ClN3O4. The normalized spacial score (nSPS) is 10.5. The van der Waals surface area contributed by atoms with Crippen LogP contribution >= 0.6 is 11.6 Å². The minimum atomic E-state index is -0.471. The highest BCUT2D eigenvalue weighted by molar-refractivity contribution is 6.30. The first-order valence-electron chi connectivity index (χ1n) is 6.57. The molecule has 0 unspecified atom stereocenters. The number of hydrogen-bond donors (Lipinski definition) is 0. The summed E-state index contributed by atoms with van der Waals surface area (Å²) in [7, 11) is 0. The molecule has 0 amide bonds. The largest absolute Gasteiger partial charge is 0.485 e. The second-order valence-electron chi connectivity index (χ2n) is 4.56. The molecule has 0 N–H and O–H groups in total. The number of rotatable bonds is 5. The summed E-state index contributed by atoms with van der Waals surface area (Å²) in [5, 5.41) is 15.0. The maximum atomic E-state index is 10.6. The lowest BCUT2D eigenvalue weighted by Crippen LogP contribution is -1.97. The van der Waals surface area contributed by atoms with E-state index in [1.54, 1.807) is 24.3 Å². The Hall–Kier alpha value is -2.93. The molecule has 0 aliphatic heterocycles. The van der Waals surface area contributed by atoms with Crippen molar-refractivity contribution in [3.63, 3.8) is 0 Å². The maximum absolute atomic E-state index is 10.6. The summed E-state index contributed by atoms with van der Waals surface area (Å²) in [5.41, 5.74) is 0.755. The zero-order chi connectivity index (χ0) is 16.2. The van der Waals surface area contributed by atoms with Crippen molar-refractivity contribution < 1.29 is 14.2 Å². The van der Waals surface area contributed by atoms with Gasteiger partial charge in [-0.25, -0.2) is 0 Å². The minimum Gasteiger partial charge on any atom is -0.485 e. The van der Waals surface area contributed by atoms with Gasteiger partial charge in [0.2, 0.25) is 5.82 Å². The number of halogens is 1. The molecular weight excluding hydrogens is 322 g/mol. The van der Waals surface area contributed by atoms with E-state index >= 15 is 0 Å². The first-order valence-corrected chi connectivity index (χ1v) is 6.95. The molecule has 1 aromatic heterocycles. The van der Waals surface area contributed by atoms with Gasteiger partial charge < -0.3 is 9.26 Å². The van der Waals surface area contributed by atoms with Crippen LogP contribution in [0.2, 0.25) is 5.02 Å². The van der Waals surface area contributed by atoms with Gasteiger partial charge in [-0.05, 0) is 36.4 Å². The average Bonchev–Trinajstić information content (AvgIpc) is 3.03. The SMILES string of the molecule is O=[N+]([O-])c1ccc(OCc2noc(-c3ccc(Cl)cc3)n2)cc1. The van der Waals surface area contributed by atoms with Crippen LogP contribution < -0.4 is 4.74 Å². The van der Waals surface area contributed by atoms with Gasteiger partial charge in [-0.1, -0.05) is 16.8 Å². The molecule has 0 saturated carbocycles. The predicted molar refractivity (Wildman–Crippen MR) is 82.2 cm³/mol. The van der Waals surface area contributed by atoms with Crippen LogP contribution in [0.15, 0.2) is 53.1 Å². The number of aromatic nitrogens is 2. The quantitative estimate of drug-likeness (QED) is 0.520. The third-order valence-electron chi connectivity index (χ3n) is 2.97. The average molecular weight is 332 g/mol. The van der Waals surface area contributed by atoms with Gasteiger partial charge in [-0.15, -0.1) is 0 Å². The lowest BCUT2D eigenvalue weighted by molar-refractivity contribution is -0.384. The number of nitro benzene ring substituents is 1. The van der Waals surface area contributed by atoms with Crippen molar-refractivity contribution in [2.24, 2.45) is 0 Å². The van der Waals surface area contributed by atoms with Crippen LogP contribution in [0.5, 0.6) is 5.75 Å². The third kappa shape index (κ3) is 3.64. The van der Waals surface area contributed by atoms with Gasteiger partial charge in [-0.2, -0.15) is 4.98 Å². The van der Waals surface area contributed by atoms with Crippen molar-refractivity contribution >= 4 is 17.3 Å². The summed E-state index contributed by atoms with van der Waals surface area (Å²) in [6.07, 6.45) is 0. The van der Waals surface area contributed by atoms with Crippen molar-refractivity contribution in [3.05, 3.63) is 69.5 Å². The van der Waals surface area contributed by atoms with Gasteiger partial charge in [0.1, 0.15) is 5.75 Å². The second-order valence-corrected chi connectivity index (χ2v) is 5.00. The van der Waals surface area contributed by atoms with Crippen LogP contribution in [-0.4, -0.2) is 15.1 Å². The number of nitro groups is 1. The summed E-state index contributed by atoms with van der Waals surface area (Å²) < 4.78 is 10.6. The lowest BCUT2D eigenvalue weighted by Gasteiger charge is -2.02. The Morgan fingerprint density at radius 1 is 1.13 bits per heavy atom. The van der Waals surface area contributed by atoms with E-state index < -0.39 is 4.92 Å². The van der Waals surface area contributed by atoms with Crippen molar-refractivity contribution in [1.29, 1.82) is 0 Å². The molecule has 116 valence electrons. The molecule has 0 fully saturated rings. The predicted octanol–water partition coefficient (Wildman–Crippen LogP) is 3.88. The van der Waals surface area contributed by atoms with Crippen molar-refractivity contribution in [2.45, 2.75) is 6.61 Å². The molecule has 2 aromatic carbocycles. The van der Waals surface area contributed by atoms with Crippen LogP contribution in [0.3, 0.4) is 0 Å². The molecule has 8 heteroatoms. The van der Waals surface area contributed by atoms with E-state index in [4.69, 9.17) is 20.9 Å². The maximum Gasteiger partial charge on any atom is 0.269 e. The van der Waals surface area contributed by atoms with E-state index in [9.17, 15) is 10.1 Å². The van der Waals surface area contributed by atoms with Gasteiger partial charge in [0.15, 0.2) is 6.61 Å². The summed E-state index contributed by atoms with van der Waals surface area (Å²) in [5.74, 6) is 1.21. The van der Waals surface area contributed by atoms with E-state index in [0.29, 0.717) is 22.5 Å². The van der Waals surface area contributed by atoms with Gasteiger partial charge in [0.05, 0.1) is 4.92 Å². The van der Waals surface area contributed by atoms with E-state index in [1.165, 1.54) is 24.3 Å². The van der Waals surface area contributed by atoms with Crippen LogP contribution in [-0.2, 0) is 6.61 Å². The molecule has 0 aliphatic rings. The van der Waals surface area contributed by atoms with Gasteiger partial charge in [0.25, 0.3) is 11.6 Å². The highest BCUT2D eigenvalue weighted by Crippen LogP contribution is 2.21. The fourth-order valence-electron chi connectivity index (χ4n) is 1.83. The Kier molecular flexibility index (Phi) is 4.20. The molecule has 7 nitrogen and oxygen atoms in total. The standard InChI is InChI=1S/C15H10ClN3O4/c16-11-3-1-10(2-4-11)15-17-14(18-23-15)9-22-13-7-5-12(6-8-13)19(20)21/h1-8H,9H2. The van der Waals surface area contributed by atoms with E-state index in [0.717, 1.165) is 5.56 Å². The van der Waals surface area contributed by atoms with E-state index in [-0.39, 0.29) is 12.3 Å². The van der Waals surface area contributed by atoms with Gasteiger partial charge >= 0.3 is 0 Å². The van der Waals surface area contributed by atoms with Crippen LogP contribution in [0.25, 0.3) is 11.5 Å². The highest BCUT2D eigenvalue weighted by Gasteiger charge is 2.10. The molecule has 0 spiro atoms. The monoisotopic (exact) mass is 331 g/mol. The van der Waals surface area contributed by atoms with E-state index in [1.807, 2.05) is 0 Å². The Morgan fingerprint density at radius 3 is 2.48 bits per heavy atom. The van der Waals surface area contributed by atoms with Crippen molar-refractivity contribution in [3.8, 4) is 17.2 Å². The van der Waals surface area contributed by atoms with E-state index in [2.05, 4.69) is 10.1 Å². The fourth-order valence-corrected chi connectivity index (χ4v) is 1.96. The lowest BCUT2D eigenvalue weighted by atomic mass is 10.2. The van der Waals surface area contributed by atoms with Crippen LogP contribution in [0.4, 0.5) is 5.69 Å². The number of ether oxygens (including phenoxy) is 1. The number of nitrogens with zero attached hydrogens (tertiary/aromatic N) is 3. The first kappa shape index (κ1) is 15.0. The molecule has 0 atom stereocenters. The number of benzene rings is 2. The van der Waals surface area contributed by atoms with Gasteiger partial charge in [-0.3, -0.25) is 10.1 Å². The Bertz CT molecular complexity index is 815. The topological polar surface area (TPSA) is 91.3 Å². The van der Waals surface area contributed by atoms with Crippen LogP contribution in [0, 0.1) is 10.1 Å². The Labute approximate surface area is 135 Å². The zero-order valence-electron chi connectivity index (χ0n) is 11.7. The molecule has 0 aliphatic carbocycles. The van der Waals surface area contributed by atoms with Crippen molar-refractivity contribution in [2.75, 3.05) is 0 Å². The van der Waals surface area contributed by atoms with Crippen molar-refractivity contribution in [1.82, 2.24) is 10.1 Å². The first-order chi connectivity index (χ1) is 11.1. The van der Waals surface area contributed by atoms with Gasteiger partial charge in [0, 0.05) is 22.7 Å². The molecule has 1 heterocycles. The molecule has 0 radical (unpaired) electrons. The van der Waals surface area contributed by atoms with Crippen LogP contribution in [0.1, 0.15) is 5.82 Å². The number of hydrogen-bond acceptors (Lipinski definition) is 6. The highest BCUT2D eigenvalue weighted by atomic mass is 35.5. The Morgan fingerprint density at radius 2 is 1.83 bits per heavy atom. The summed E-state index contributed by atoms with van der Waals surface area (Å²) in [4.78, 5) is 14.3. The molecule has 3 aromatic rings. The second kappa shape index (κ2) is 6.45. The summed E-state index contributed by atoms with van der Waals surface area (Å²) in [6, 6.07) is 12.8. The zero-order valence-corrected chi connectivity index (χ0v) is 12.4. The molecule has 23 heavy (non-hydrogen) atoms. The molecule has 0 bridgehead atoms.